The van der Waals surface area contributed by atoms with Crippen LogP contribution in [0.2, 0.25) is 0 Å². The van der Waals surface area contributed by atoms with Crippen molar-refractivity contribution in [1.29, 1.82) is 0 Å². The van der Waals surface area contributed by atoms with Crippen molar-refractivity contribution < 1.29 is 19.4 Å². The van der Waals surface area contributed by atoms with E-state index in [4.69, 9.17) is 4.74 Å². The van der Waals surface area contributed by atoms with Crippen LogP contribution >= 0.6 is 15.9 Å². The van der Waals surface area contributed by atoms with Crippen LogP contribution in [0.4, 0.5) is 0 Å². The lowest BCUT2D eigenvalue weighted by Crippen LogP contribution is -2.31. The molecule has 1 atom stereocenters. The molecule has 4 aromatic carbocycles. The quantitative estimate of drug-likeness (QED) is 0.352. The molecule has 0 amide bonds. The summed E-state index contributed by atoms with van der Waals surface area (Å²) in [5, 5.41) is 11.9. The van der Waals surface area contributed by atoms with Crippen molar-refractivity contribution in [1.82, 2.24) is 0 Å². The van der Waals surface area contributed by atoms with Crippen molar-refractivity contribution >= 4 is 38.3 Å². The smallest absolute Gasteiger partial charge is 0.229 e. The molecule has 1 unspecified atom stereocenters. The average molecular weight is 483 g/mol. The van der Waals surface area contributed by atoms with Gasteiger partial charge in [0.15, 0.2) is 11.5 Å². The number of aromatic hydroxyl groups is 1. The van der Waals surface area contributed by atoms with E-state index in [0.29, 0.717) is 22.4 Å². The fraction of sp³-hybridized carbons (Fsp3) is 0.0370. The average Bonchev–Trinajstić information content (AvgIpc) is 2.81. The molecule has 0 saturated carbocycles. The highest BCUT2D eigenvalue weighted by Gasteiger charge is 2.43. The van der Waals surface area contributed by atoms with Gasteiger partial charge in [-0.25, -0.2) is 0 Å². The number of benzene rings is 4. The Kier molecular flexibility index (Phi) is 4.10. The standard InChI is InChI=1S/C27H15BrO4/c28-16-5-3-4-15(12-16)22-23-20-13-17(29)10-8-14(20)9-11-21(23)32-27-24(22)25(30)18-6-1-2-7-19(18)26(27)31/h1-13,22,29H. The number of halogens is 1. The highest BCUT2D eigenvalue weighted by Crippen LogP contribution is 2.50. The molecule has 5 heteroatoms. The summed E-state index contributed by atoms with van der Waals surface area (Å²) in [5.41, 5.74) is 2.68. The van der Waals surface area contributed by atoms with Crippen molar-refractivity contribution in [3.05, 3.63) is 117 Å². The third-order valence-electron chi connectivity index (χ3n) is 6.09. The van der Waals surface area contributed by atoms with Crippen LogP contribution in [0.3, 0.4) is 0 Å². The number of Topliss-reactive ketones (excluding diaryl/α,β-unsaturated/α-hetero) is 2. The van der Waals surface area contributed by atoms with E-state index in [1.807, 2.05) is 42.5 Å². The normalized spacial score (nSPS) is 17.0. The molecule has 4 nitrogen and oxygen atoms in total. The second kappa shape index (κ2) is 6.90. The molecule has 1 N–H and O–H groups in total. The maximum Gasteiger partial charge on any atom is 0.229 e. The van der Waals surface area contributed by atoms with Gasteiger partial charge in [0.25, 0.3) is 0 Å². The van der Waals surface area contributed by atoms with Crippen LogP contribution in [0.15, 0.2) is 94.7 Å². The topological polar surface area (TPSA) is 63.6 Å². The summed E-state index contributed by atoms with van der Waals surface area (Å²) in [6.45, 7) is 0. The monoisotopic (exact) mass is 482 g/mol. The Balaban J connectivity index is 1.71. The first-order valence-electron chi connectivity index (χ1n) is 10.1. The SMILES string of the molecule is O=C1C2=C(C(=O)c3ccccc31)C(c1cccc(Br)c1)c1c(ccc3ccc(O)cc13)O2. The maximum atomic E-state index is 13.7. The van der Waals surface area contributed by atoms with Gasteiger partial charge >= 0.3 is 0 Å². The van der Waals surface area contributed by atoms with E-state index in [1.165, 1.54) is 0 Å². The number of hydrogen-bond acceptors (Lipinski definition) is 4. The van der Waals surface area contributed by atoms with E-state index in [9.17, 15) is 14.7 Å². The fourth-order valence-corrected chi connectivity index (χ4v) is 5.12. The Morgan fingerprint density at radius 1 is 0.812 bits per heavy atom. The number of ketones is 2. The van der Waals surface area contributed by atoms with Gasteiger partial charge in [0.05, 0.1) is 5.57 Å². The number of carbonyl (C=O) groups is 2. The minimum Gasteiger partial charge on any atom is -0.508 e. The summed E-state index contributed by atoms with van der Waals surface area (Å²) in [6, 6.07) is 23.4. The molecule has 0 spiro atoms. The number of rotatable bonds is 1. The molecule has 154 valence electrons. The Morgan fingerprint density at radius 3 is 2.34 bits per heavy atom. The summed E-state index contributed by atoms with van der Waals surface area (Å²) in [5.74, 6) is -0.338. The summed E-state index contributed by atoms with van der Waals surface area (Å²) in [6.07, 6.45) is 0. The van der Waals surface area contributed by atoms with Crippen molar-refractivity contribution in [2.45, 2.75) is 5.92 Å². The predicted octanol–water partition coefficient (Wildman–Crippen LogP) is 6.17. The molecule has 2 aliphatic rings. The van der Waals surface area contributed by atoms with Crippen molar-refractivity contribution in [2.24, 2.45) is 0 Å². The lowest BCUT2D eigenvalue weighted by molar-refractivity contribution is 0.0927. The van der Waals surface area contributed by atoms with Crippen molar-refractivity contribution in [3.63, 3.8) is 0 Å². The molecule has 0 bridgehead atoms. The maximum absolute atomic E-state index is 13.7. The van der Waals surface area contributed by atoms with E-state index in [0.717, 1.165) is 26.4 Å². The van der Waals surface area contributed by atoms with E-state index in [1.54, 1.807) is 36.4 Å². The van der Waals surface area contributed by atoms with Gasteiger partial charge in [0, 0.05) is 27.1 Å². The zero-order valence-electron chi connectivity index (χ0n) is 16.6. The summed E-state index contributed by atoms with van der Waals surface area (Å²) >= 11 is 3.53. The van der Waals surface area contributed by atoms with Crippen LogP contribution in [-0.2, 0) is 0 Å². The van der Waals surface area contributed by atoms with Gasteiger partial charge in [0.2, 0.25) is 5.78 Å². The third kappa shape index (κ3) is 2.68. The summed E-state index contributed by atoms with van der Waals surface area (Å²) in [4.78, 5) is 27.1. The van der Waals surface area contributed by atoms with Crippen LogP contribution in [-0.4, -0.2) is 16.7 Å². The number of fused-ring (bicyclic) bond motifs is 4. The van der Waals surface area contributed by atoms with E-state index < -0.39 is 5.92 Å². The number of phenolic OH excluding ortho intramolecular Hbond substituents is 1. The van der Waals surface area contributed by atoms with Gasteiger partial charge in [0.1, 0.15) is 11.5 Å². The number of hydrogen-bond donors (Lipinski definition) is 1. The van der Waals surface area contributed by atoms with Gasteiger partial charge in [-0.15, -0.1) is 0 Å². The Hall–Kier alpha value is -3.70. The van der Waals surface area contributed by atoms with Gasteiger partial charge in [-0.2, -0.15) is 0 Å². The van der Waals surface area contributed by atoms with Crippen molar-refractivity contribution in [3.8, 4) is 11.5 Å². The minimum atomic E-state index is -0.526. The number of allylic oxidation sites excluding steroid dienone is 2. The molecular weight excluding hydrogens is 468 g/mol. The molecule has 6 rings (SSSR count). The number of ether oxygens (including phenoxy) is 1. The first kappa shape index (κ1) is 19.0. The molecule has 1 aliphatic heterocycles. The number of phenols is 1. The predicted molar refractivity (Wildman–Crippen MR) is 124 cm³/mol. The molecular formula is C27H15BrO4. The molecule has 0 aromatic heterocycles. The van der Waals surface area contributed by atoms with Crippen LogP contribution in [0.25, 0.3) is 10.8 Å². The molecule has 4 aromatic rings. The van der Waals surface area contributed by atoms with E-state index >= 15 is 0 Å². The largest absolute Gasteiger partial charge is 0.508 e. The Labute approximate surface area is 191 Å². The van der Waals surface area contributed by atoms with Crippen molar-refractivity contribution in [2.75, 3.05) is 0 Å². The van der Waals surface area contributed by atoms with E-state index in [-0.39, 0.29) is 23.1 Å². The molecule has 0 fully saturated rings. The Bertz CT molecular complexity index is 1520. The first-order valence-corrected chi connectivity index (χ1v) is 10.9. The highest BCUT2D eigenvalue weighted by atomic mass is 79.9. The lowest BCUT2D eigenvalue weighted by Gasteiger charge is -2.33. The van der Waals surface area contributed by atoms with Crippen LogP contribution in [0, 0.1) is 0 Å². The zero-order chi connectivity index (χ0) is 22.0. The zero-order valence-corrected chi connectivity index (χ0v) is 18.2. The van der Waals surface area contributed by atoms with Gasteiger partial charge in [-0.3, -0.25) is 9.59 Å². The molecule has 0 radical (unpaired) electrons. The van der Waals surface area contributed by atoms with Crippen LogP contribution in [0.1, 0.15) is 37.8 Å². The Morgan fingerprint density at radius 2 is 1.56 bits per heavy atom. The van der Waals surface area contributed by atoms with E-state index in [2.05, 4.69) is 15.9 Å². The number of carbonyl (C=O) groups excluding carboxylic acids is 2. The first-order chi connectivity index (χ1) is 15.5. The third-order valence-corrected chi connectivity index (χ3v) is 6.58. The van der Waals surface area contributed by atoms with Gasteiger partial charge < -0.3 is 9.84 Å². The van der Waals surface area contributed by atoms with Gasteiger partial charge in [-0.05, 0) is 46.7 Å². The minimum absolute atomic E-state index is 0.0747. The highest BCUT2D eigenvalue weighted by molar-refractivity contribution is 9.10. The van der Waals surface area contributed by atoms with Crippen LogP contribution in [0.5, 0.6) is 11.5 Å². The van der Waals surface area contributed by atoms with Crippen LogP contribution < -0.4 is 4.74 Å². The molecule has 1 aliphatic carbocycles. The summed E-state index contributed by atoms with van der Waals surface area (Å²) in [7, 11) is 0. The van der Waals surface area contributed by atoms with Gasteiger partial charge in [-0.1, -0.05) is 64.5 Å². The second-order valence-corrected chi connectivity index (χ2v) is 8.84. The molecule has 1 heterocycles. The fourth-order valence-electron chi connectivity index (χ4n) is 4.71. The second-order valence-electron chi connectivity index (χ2n) is 7.92. The molecule has 0 saturated heterocycles. The lowest BCUT2D eigenvalue weighted by atomic mass is 9.74. The summed E-state index contributed by atoms with van der Waals surface area (Å²) < 4.78 is 6.99. The molecule has 32 heavy (non-hydrogen) atoms.